The monoisotopic (exact) mass is 523 g/mol. The molecule has 0 spiro atoms. The van der Waals surface area contributed by atoms with Crippen LogP contribution in [0.1, 0.15) is 19.3 Å². The molecule has 0 saturated carbocycles. The van der Waals surface area contributed by atoms with Gasteiger partial charge >= 0.3 is 6.01 Å². The van der Waals surface area contributed by atoms with Gasteiger partial charge in [-0.25, -0.2) is 4.39 Å². The number of anilines is 1. The Labute approximate surface area is 218 Å². The Morgan fingerprint density at radius 1 is 1.11 bits per heavy atom. The largest absolute Gasteiger partial charge is 0.458 e. The molecule has 4 aromatic rings. The van der Waals surface area contributed by atoms with Crippen molar-refractivity contribution < 1.29 is 19.3 Å². The average molecular weight is 524 g/mol. The highest BCUT2D eigenvalue weighted by molar-refractivity contribution is 6.36. The Balaban J connectivity index is 1.52. The number of hydrogen-bond donors (Lipinski definition) is 3. The molecule has 2 bridgehead atoms. The second-order valence-corrected chi connectivity index (χ2v) is 10.0. The van der Waals surface area contributed by atoms with Crippen LogP contribution in [0.15, 0.2) is 42.6 Å². The molecule has 1 unspecified atom stereocenters. The van der Waals surface area contributed by atoms with Crippen molar-refractivity contribution in [3.05, 3.63) is 53.4 Å². The van der Waals surface area contributed by atoms with E-state index in [4.69, 9.17) is 16.3 Å². The number of nitrogens with zero attached hydrogens (tertiary/aromatic N) is 4. The van der Waals surface area contributed by atoms with Crippen molar-refractivity contribution in [1.29, 1.82) is 0 Å². The molecule has 37 heavy (non-hydrogen) atoms. The number of halogens is 2. The molecule has 192 valence electrons. The second kappa shape index (κ2) is 9.98. The van der Waals surface area contributed by atoms with E-state index in [2.05, 4.69) is 25.2 Å². The minimum absolute atomic E-state index is 0.0483. The second-order valence-electron chi connectivity index (χ2n) is 9.63. The third-order valence-corrected chi connectivity index (χ3v) is 7.51. The summed E-state index contributed by atoms with van der Waals surface area (Å²) < 4.78 is 22.1. The van der Waals surface area contributed by atoms with Gasteiger partial charge in [-0.1, -0.05) is 41.9 Å². The van der Waals surface area contributed by atoms with Crippen LogP contribution in [0.2, 0.25) is 5.02 Å². The summed E-state index contributed by atoms with van der Waals surface area (Å²) in [5.74, 6) is -0.0489. The maximum atomic E-state index is 16.3. The number of rotatable bonds is 7. The third kappa shape index (κ3) is 4.46. The topological polar surface area (TPSA) is 104 Å². The molecule has 6 rings (SSSR count). The molecule has 2 aromatic heterocycles. The molecule has 0 radical (unpaired) electrons. The lowest BCUT2D eigenvalue weighted by molar-refractivity contribution is 0.0832. The highest BCUT2D eigenvalue weighted by Crippen LogP contribution is 2.38. The fourth-order valence-corrected chi connectivity index (χ4v) is 5.73. The third-order valence-electron chi connectivity index (χ3n) is 7.20. The van der Waals surface area contributed by atoms with Gasteiger partial charge in [0.25, 0.3) is 0 Å². The maximum absolute atomic E-state index is 16.3. The Bertz CT molecular complexity index is 1450. The van der Waals surface area contributed by atoms with Gasteiger partial charge in [-0.05, 0) is 24.3 Å². The van der Waals surface area contributed by atoms with Crippen LogP contribution in [0.3, 0.4) is 0 Å². The van der Waals surface area contributed by atoms with E-state index in [0.717, 1.165) is 31.3 Å². The molecule has 10 heteroatoms. The van der Waals surface area contributed by atoms with Crippen molar-refractivity contribution in [2.45, 2.75) is 37.5 Å². The van der Waals surface area contributed by atoms with E-state index < -0.39 is 11.9 Å². The molecule has 2 aromatic carbocycles. The minimum Gasteiger partial charge on any atom is -0.458 e. The molecule has 2 fully saturated rings. The van der Waals surface area contributed by atoms with Crippen molar-refractivity contribution in [1.82, 2.24) is 20.3 Å². The summed E-state index contributed by atoms with van der Waals surface area (Å²) in [6, 6.07) is 11.7. The standard InChI is InChI=1S/C27H27ClFN5O3/c28-21-6-2-4-15-3-1-5-19(22(15)21)24-23(29)25-20(11-30-24)26(34-12-16-7-8-17(13-34)31-16)33-27(32-25)37-18(14-36)9-10-35/h1-6,11,16-18,31,35-36H,7-10,12-14H2/t16-,17+,18?. The highest BCUT2D eigenvalue weighted by Gasteiger charge is 2.34. The van der Waals surface area contributed by atoms with Crippen molar-refractivity contribution in [3.63, 3.8) is 0 Å². The SMILES string of the molecule is OCCC(CO)Oc1nc(N2C[C@H]3CC[C@@H](C2)N3)c2cnc(-c3cccc4cccc(Cl)c34)c(F)c2n1. The summed E-state index contributed by atoms with van der Waals surface area (Å²) in [7, 11) is 0. The van der Waals surface area contributed by atoms with E-state index in [-0.39, 0.29) is 36.9 Å². The van der Waals surface area contributed by atoms with Crippen LogP contribution in [-0.2, 0) is 0 Å². The van der Waals surface area contributed by atoms with Crippen LogP contribution in [0.5, 0.6) is 6.01 Å². The van der Waals surface area contributed by atoms with Gasteiger partial charge < -0.3 is 25.2 Å². The zero-order valence-electron chi connectivity index (χ0n) is 20.1. The number of hydrogen-bond acceptors (Lipinski definition) is 8. The lowest BCUT2D eigenvalue weighted by Gasteiger charge is -2.34. The zero-order chi connectivity index (χ0) is 25.5. The normalized spacial score (nSPS) is 20.1. The number of pyridine rings is 1. The molecule has 8 nitrogen and oxygen atoms in total. The van der Waals surface area contributed by atoms with Gasteiger partial charge in [0.1, 0.15) is 23.1 Å². The van der Waals surface area contributed by atoms with Gasteiger partial charge in [-0.3, -0.25) is 4.98 Å². The zero-order valence-corrected chi connectivity index (χ0v) is 20.8. The maximum Gasteiger partial charge on any atom is 0.319 e. The molecule has 0 aliphatic carbocycles. The summed E-state index contributed by atoms with van der Waals surface area (Å²) in [4.78, 5) is 15.7. The van der Waals surface area contributed by atoms with E-state index in [1.807, 2.05) is 24.3 Å². The van der Waals surface area contributed by atoms with Gasteiger partial charge in [-0.15, -0.1) is 0 Å². The van der Waals surface area contributed by atoms with E-state index >= 15 is 4.39 Å². The van der Waals surface area contributed by atoms with Crippen molar-refractivity contribution >= 4 is 39.1 Å². The first-order valence-corrected chi connectivity index (χ1v) is 12.9. The molecule has 3 atom stereocenters. The smallest absolute Gasteiger partial charge is 0.319 e. The Hall–Kier alpha value is -3.11. The number of aliphatic hydroxyl groups is 2. The van der Waals surface area contributed by atoms with Crippen LogP contribution in [-0.4, -0.2) is 69.7 Å². The summed E-state index contributed by atoms with van der Waals surface area (Å²) in [6.07, 6.45) is 3.26. The first kappa shape index (κ1) is 24.2. The lowest BCUT2D eigenvalue weighted by Crippen LogP contribution is -2.51. The molecular formula is C27H27ClFN5O3. The molecule has 2 aliphatic heterocycles. The van der Waals surface area contributed by atoms with E-state index in [1.54, 1.807) is 18.3 Å². The van der Waals surface area contributed by atoms with Gasteiger partial charge in [0, 0.05) is 60.4 Å². The number of piperazine rings is 1. The van der Waals surface area contributed by atoms with E-state index in [9.17, 15) is 10.2 Å². The Morgan fingerprint density at radius 2 is 1.86 bits per heavy atom. The van der Waals surface area contributed by atoms with Crippen LogP contribution < -0.4 is 15.0 Å². The molecular weight excluding hydrogens is 497 g/mol. The molecule has 2 saturated heterocycles. The lowest BCUT2D eigenvalue weighted by atomic mass is 10.0. The van der Waals surface area contributed by atoms with Crippen LogP contribution >= 0.6 is 11.6 Å². The predicted molar refractivity (Wildman–Crippen MR) is 141 cm³/mol. The fourth-order valence-electron chi connectivity index (χ4n) is 5.45. The summed E-state index contributed by atoms with van der Waals surface area (Å²) >= 11 is 6.52. The minimum atomic E-state index is -0.712. The number of nitrogens with one attached hydrogen (secondary N) is 1. The Morgan fingerprint density at radius 3 is 2.59 bits per heavy atom. The number of fused-ring (bicyclic) bond motifs is 4. The van der Waals surface area contributed by atoms with E-state index in [0.29, 0.717) is 39.3 Å². The molecule has 0 amide bonds. The van der Waals surface area contributed by atoms with E-state index in [1.165, 1.54) is 0 Å². The van der Waals surface area contributed by atoms with Crippen LogP contribution in [0.4, 0.5) is 10.2 Å². The molecule has 3 N–H and O–H groups in total. The number of aromatic nitrogens is 3. The van der Waals surface area contributed by atoms with Crippen LogP contribution in [0, 0.1) is 5.82 Å². The van der Waals surface area contributed by atoms with Gasteiger partial charge in [0.15, 0.2) is 5.82 Å². The van der Waals surface area contributed by atoms with Crippen molar-refractivity contribution in [2.24, 2.45) is 0 Å². The summed E-state index contributed by atoms with van der Waals surface area (Å²) in [5, 5.41) is 25.2. The first-order valence-electron chi connectivity index (χ1n) is 12.5. The summed E-state index contributed by atoms with van der Waals surface area (Å²) in [5.41, 5.74) is 0.788. The highest BCUT2D eigenvalue weighted by atomic mass is 35.5. The summed E-state index contributed by atoms with van der Waals surface area (Å²) in [6.45, 7) is 0.958. The van der Waals surface area contributed by atoms with Gasteiger partial charge in [0.05, 0.1) is 12.0 Å². The quantitative estimate of drug-likeness (QED) is 0.337. The fraction of sp³-hybridized carbons (Fsp3) is 0.370. The number of aliphatic hydroxyl groups excluding tert-OH is 2. The van der Waals surface area contributed by atoms with Gasteiger partial charge in [0.2, 0.25) is 0 Å². The molecule has 2 aliphatic rings. The van der Waals surface area contributed by atoms with Crippen molar-refractivity contribution in [2.75, 3.05) is 31.2 Å². The van der Waals surface area contributed by atoms with Gasteiger partial charge in [-0.2, -0.15) is 9.97 Å². The van der Waals surface area contributed by atoms with Crippen LogP contribution in [0.25, 0.3) is 32.9 Å². The van der Waals surface area contributed by atoms with Crippen molar-refractivity contribution in [3.8, 4) is 17.3 Å². The molecule has 4 heterocycles. The first-order chi connectivity index (χ1) is 18.1. The predicted octanol–water partition coefficient (Wildman–Crippen LogP) is 3.70. The average Bonchev–Trinajstić information content (AvgIpc) is 3.25. The number of ether oxygens (including phenoxy) is 1. The Kier molecular flexibility index (Phi) is 6.54. The number of benzene rings is 2.